The summed E-state index contributed by atoms with van der Waals surface area (Å²) in [6, 6.07) is 19.0. The number of pyridine rings is 1. The normalized spacial score (nSPS) is 14.7. The standard InChI is InChI=1S/C28H29N5O3/c1-3-22(20-10-6-4-7-11-20)26(34)31-14-16-32(17-15-31)27(35)23-18-30(2)19-24-25(23)29-33(28(24)36)21-12-8-5-9-13-21/h4-13,18-19,22H,3,14-17H2,1-2H3. The van der Waals surface area contributed by atoms with Gasteiger partial charge in [-0.3, -0.25) is 14.4 Å². The lowest BCUT2D eigenvalue weighted by Crippen LogP contribution is -2.51. The first-order valence-corrected chi connectivity index (χ1v) is 12.3. The maximum absolute atomic E-state index is 13.6. The minimum Gasteiger partial charge on any atom is -0.356 e. The molecule has 2 amide bonds. The second kappa shape index (κ2) is 9.81. The number of fused-ring (bicyclic) bond motifs is 1. The van der Waals surface area contributed by atoms with Crippen LogP contribution in [0.2, 0.25) is 0 Å². The maximum Gasteiger partial charge on any atom is 0.282 e. The van der Waals surface area contributed by atoms with Crippen LogP contribution in [0.15, 0.2) is 77.9 Å². The van der Waals surface area contributed by atoms with Crippen LogP contribution in [0.25, 0.3) is 16.9 Å². The molecule has 0 aromatic heterocycles. The molecule has 8 nitrogen and oxygen atoms in total. The molecule has 1 atom stereocenters. The van der Waals surface area contributed by atoms with E-state index >= 15 is 0 Å². The molecule has 0 spiro atoms. The third kappa shape index (κ3) is 4.30. The molecule has 5 rings (SSSR count). The van der Waals surface area contributed by atoms with Gasteiger partial charge in [0.1, 0.15) is 5.69 Å². The van der Waals surface area contributed by atoms with Gasteiger partial charge in [-0.15, -0.1) is 0 Å². The first-order chi connectivity index (χ1) is 17.5. The summed E-state index contributed by atoms with van der Waals surface area (Å²) in [5, 5.41) is 4.53. The van der Waals surface area contributed by atoms with Crippen LogP contribution in [-0.2, 0) is 11.8 Å². The van der Waals surface area contributed by atoms with E-state index in [1.807, 2.05) is 72.5 Å². The summed E-state index contributed by atoms with van der Waals surface area (Å²) in [4.78, 5) is 43.5. The SMILES string of the molecule is CCC(C(=O)N1CCN(C(=O)c2cn(C)cc3c(=O)n(-c4ccccc4)nc2-3)CC1)c1ccccc1. The molecule has 0 N–H and O–H groups in total. The fourth-order valence-electron chi connectivity index (χ4n) is 4.90. The van der Waals surface area contributed by atoms with Crippen LogP contribution in [0.3, 0.4) is 0 Å². The van der Waals surface area contributed by atoms with Gasteiger partial charge >= 0.3 is 0 Å². The van der Waals surface area contributed by atoms with Gasteiger partial charge in [-0.1, -0.05) is 55.5 Å². The first-order valence-electron chi connectivity index (χ1n) is 12.3. The Morgan fingerprint density at radius 2 is 1.50 bits per heavy atom. The fourth-order valence-corrected chi connectivity index (χ4v) is 4.90. The monoisotopic (exact) mass is 483 g/mol. The zero-order chi connectivity index (χ0) is 25.2. The van der Waals surface area contributed by atoms with Crippen molar-refractivity contribution < 1.29 is 9.59 Å². The predicted molar refractivity (Wildman–Crippen MR) is 137 cm³/mol. The van der Waals surface area contributed by atoms with Crippen LogP contribution in [0.4, 0.5) is 0 Å². The highest BCUT2D eigenvalue weighted by Gasteiger charge is 2.32. The Hall–Kier alpha value is -4.20. The Labute approximate surface area is 209 Å². The molecule has 0 bridgehead atoms. The number of piperazine rings is 1. The molecular weight excluding hydrogens is 454 g/mol. The lowest BCUT2D eigenvalue weighted by Gasteiger charge is -2.36. The number of para-hydroxylation sites is 1. The second-order valence-corrected chi connectivity index (χ2v) is 9.14. The maximum atomic E-state index is 13.6. The van der Waals surface area contributed by atoms with Crippen molar-refractivity contribution in [2.24, 2.45) is 7.05 Å². The number of hydrogen-bond acceptors (Lipinski definition) is 4. The van der Waals surface area contributed by atoms with Gasteiger partial charge in [0.05, 0.1) is 22.7 Å². The number of aromatic nitrogens is 3. The predicted octanol–water partition coefficient (Wildman–Crippen LogP) is 3.15. The number of benzene rings is 2. The molecule has 184 valence electrons. The second-order valence-electron chi connectivity index (χ2n) is 9.14. The molecule has 0 radical (unpaired) electrons. The van der Waals surface area contributed by atoms with Crippen molar-refractivity contribution in [3.63, 3.8) is 0 Å². The summed E-state index contributed by atoms with van der Waals surface area (Å²) in [7, 11) is 1.79. The van der Waals surface area contributed by atoms with Gasteiger partial charge in [0.15, 0.2) is 0 Å². The lowest BCUT2D eigenvalue weighted by atomic mass is 9.94. The number of carbonyl (C=O) groups is 2. The summed E-state index contributed by atoms with van der Waals surface area (Å²) < 4.78 is 3.06. The molecule has 1 fully saturated rings. The Morgan fingerprint density at radius 1 is 0.889 bits per heavy atom. The van der Waals surface area contributed by atoms with Gasteiger partial charge in [0.2, 0.25) is 5.91 Å². The third-order valence-electron chi connectivity index (χ3n) is 6.82. The number of aryl methyl sites for hydroxylation is 1. The van der Waals surface area contributed by atoms with Crippen molar-refractivity contribution in [2.45, 2.75) is 19.3 Å². The number of nitrogens with zero attached hydrogens (tertiary/aromatic N) is 5. The molecule has 1 saturated heterocycles. The molecule has 0 aliphatic carbocycles. The minimum atomic E-state index is -0.261. The highest BCUT2D eigenvalue weighted by molar-refractivity contribution is 6.00. The molecule has 2 aromatic rings. The quantitative estimate of drug-likeness (QED) is 0.437. The van der Waals surface area contributed by atoms with Crippen LogP contribution in [0, 0.1) is 0 Å². The highest BCUT2D eigenvalue weighted by atomic mass is 16.2. The molecule has 0 saturated carbocycles. The average Bonchev–Trinajstić information content (AvgIpc) is 3.25. The van der Waals surface area contributed by atoms with Crippen LogP contribution >= 0.6 is 0 Å². The summed E-state index contributed by atoms with van der Waals surface area (Å²) >= 11 is 0. The van der Waals surface area contributed by atoms with Crippen LogP contribution in [0.5, 0.6) is 0 Å². The van der Waals surface area contributed by atoms with E-state index in [1.165, 1.54) is 4.68 Å². The van der Waals surface area contributed by atoms with E-state index < -0.39 is 0 Å². The number of rotatable bonds is 5. The number of carbonyl (C=O) groups excluding carboxylic acids is 2. The third-order valence-corrected chi connectivity index (χ3v) is 6.82. The average molecular weight is 484 g/mol. The van der Waals surface area contributed by atoms with Crippen LogP contribution in [-0.4, -0.2) is 62.1 Å². The smallest absolute Gasteiger partial charge is 0.282 e. The van der Waals surface area contributed by atoms with Gasteiger partial charge in [-0.2, -0.15) is 9.78 Å². The summed E-state index contributed by atoms with van der Waals surface area (Å²) in [6.07, 6.45) is 4.14. The lowest BCUT2D eigenvalue weighted by molar-refractivity contribution is -0.134. The highest BCUT2D eigenvalue weighted by Crippen LogP contribution is 2.25. The van der Waals surface area contributed by atoms with Crippen molar-refractivity contribution in [3.05, 3.63) is 94.5 Å². The first kappa shape index (κ1) is 23.5. The van der Waals surface area contributed by atoms with E-state index in [0.29, 0.717) is 48.7 Å². The van der Waals surface area contributed by atoms with Gasteiger partial charge in [0, 0.05) is 45.6 Å². The van der Waals surface area contributed by atoms with E-state index in [0.717, 1.165) is 12.0 Å². The van der Waals surface area contributed by atoms with Gasteiger partial charge in [0.25, 0.3) is 11.5 Å². The molecule has 2 aromatic carbocycles. The van der Waals surface area contributed by atoms with Crippen LogP contribution < -0.4 is 5.56 Å². The zero-order valence-electron chi connectivity index (χ0n) is 20.5. The summed E-state index contributed by atoms with van der Waals surface area (Å²) in [5.74, 6) is -0.267. The zero-order valence-corrected chi connectivity index (χ0v) is 20.5. The van der Waals surface area contributed by atoms with E-state index in [4.69, 9.17) is 0 Å². The van der Waals surface area contributed by atoms with Crippen molar-refractivity contribution in [1.82, 2.24) is 24.1 Å². The van der Waals surface area contributed by atoms with Gasteiger partial charge < -0.3 is 14.4 Å². The molecule has 36 heavy (non-hydrogen) atoms. The van der Waals surface area contributed by atoms with Gasteiger partial charge in [-0.05, 0) is 24.1 Å². The van der Waals surface area contributed by atoms with Gasteiger partial charge in [-0.25, -0.2) is 0 Å². The molecule has 1 unspecified atom stereocenters. The fraction of sp³-hybridized carbons (Fsp3) is 0.286. The largest absolute Gasteiger partial charge is 0.356 e. The molecular formula is C28H29N5O3. The van der Waals surface area contributed by atoms with E-state index in [9.17, 15) is 14.4 Å². The Kier molecular flexibility index (Phi) is 6.41. The van der Waals surface area contributed by atoms with Crippen molar-refractivity contribution in [1.29, 1.82) is 0 Å². The molecule has 8 heteroatoms. The topological polar surface area (TPSA) is 80.4 Å². The number of amides is 2. The number of hydrogen-bond donors (Lipinski definition) is 0. The minimum absolute atomic E-state index is 0.0990. The molecule has 3 heterocycles. The summed E-state index contributed by atoms with van der Waals surface area (Å²) in [6.45, 7) is 3.83. The molecule has 3 aliphatic heterocycles. The van der Waals surface area contributed by atoms with Crippen molar-refractivity contribution in [3.8, 4) is 16.9 Å². The Balaban J connectivity index is 1.36. The molecule has 3 aliphatic rings. The van der Waals surface area contributed by atoms with E-state index in [2.05, 4.69) is 5.10 Å². The Bertz CT molecular complexity index is 1400. The van der Waals surface area contributed by atoms with Crippen LogP contribution in [0.1, 0.15) is 35.2 Å². The Morgan fingerprint density at radius 3 is 2.14 bits per heavy atom. The van der Waals surface area contributed by atoms with Crippen molar-refractivity contribution in [2.75, 3.05) is 26.2 Å². The summed E-state index contributed by atoms with van der Waals surface area (Å²) in [5.41, 5.74) is 2.58. The van der Waals surface area contributed by atoms with Crippen molar-refractivity contribution >= 4 is 11.8 Å². The van der Waals surface area contributed by atoms with E-state index in [-0.39, 0.29) is 23.3 Å². The van der Waals surface area contributed by atoms with E-state index in [1.54, 1.807) is 28.9 Å².